The Morgan fingerprint density at radius 1 is 1.16 bits per heavy atom. The molecule has 0 aliphatic heterocycles. The average molecular weight is 275 g/mol. The lowest BCUT2D eigenvalue weighted by molar-refractivity contribution is 0.587. The van der Waals surface area contributed by atoms with Gasteiger partial charge in [0.15, 0.2) is 0 Å². The number of nitrogens with zero attached hydrogens (tertiary/aromatic N) is 1. The Morgan fingerprint density at radius 3 is 2.68 bits per heavy atom. The van der Waals surface area contributed by atoms with Gasteiger partial charge < -0.3 is 5.32 Å². The molecule has 2 aromatic rings. The molecule has 0 spiro atoms. The summed E-state index contributed by atoms with van der Waals surface area (Å²) in [5, 5.41) is 4.22. The molecule has 0 aliphatic carbocycles. The second-order valence-electron chi connectivity index (χ2n) is 4.95. The summed E-state index contributed by atoms with van der Waals surface area (Å²) in [5.74, 6) is 0. The smallest absolute Gasteiger partial charge is 0.0447 e. The fourth-order valence-electron chi connectivity index (χ4n) is 1.94. The molecular weight excluding hydrogens is 256 g/mol. The van der Waals surface area contributed by atoms with Gasteiger partial charge in [-0.3, -0.25) is 4.98 Å². The van der Waals surface area contributed by atoms with Gasteiger partial charge >= 0.3 is 0 Å². The van der Waals surface area contributed by atoms with E-state index in [1.807, 2.05) is 36.5 Å². The van der Waals surface area contributed by atoms with E-state index in [1.165, 1.54) is 11.1 Å². The number of rotatable bonds is 5. The van der Waals surface area contributed by atoms with Gasteiger partial charge in [-0.1, -0.05) is 37.6 Å². The summed E-state index contributed by atoms with van der Waals surface area (Å²) < 4.78 is 0. The lowest BCUT2D eigenvalue weighted by Crippen LogP contribution is -2.22. The molecule has 100 valence electrons. The van der Waals surface area contributed by atoms with Crippen LogP contribution in [0.25, 0.3) is 0 Å². The third-order valence-electron chi connectivity index (χ3n) is 2.97. The van der Waals surface area contributed by atoms with Crippen molar-refractivity contribution >= 4 is 11.6 Å². The van der Waals surface area contributed by atoms with E-state index in [-0.39, 0.29) is 0 Å². The van der Waals surface area contributed by atoms with E-state index in [4.69, 9.17) is 11.6 Å². The van der Waals surface area contributed by atoms with Crippen LogP contribution >= 0.6 is 11.6 Å². The number of hydrogen-bond acceptors (Lipinski definition) is 2. The summed E-state index contributed by atoms with van der Waals surface area (Å²) in [4.78, 5) is 4.38. The zero-order valence-electron chi connectivity index (χ0n) is 11.4. The lowest BCUT2D eigenvalue weighted by atomic mass is 10.0. The molecule has 1 heterocycles. The summed E-state index contributed by atoms with van der Waals surface area (Å²) in [7, 11) is 0. The summed E-state index contributed by atoms with van der Waals surface area (Å²) in [5.41, 5.74) is 3.58. The zero-order valence-corrected chi connectivity index (χ0v) is 12.1. The lowest BCUT2D eigenvalue weighted by Gasteiger charge is -2.13. The van der Waals surface area contributed by atoms with Crippen molar-refractivity contribution < 1.29 is 0 Å². The van der Waals surface area contributed by atoms with Crippen LogP contribution in [0.5, 0.6) is 0 Å². The molecule has 0 saturated carbocycles. The third kappa shape index (κ3) is 4.34. The molecule has 1 N–H and O–H groups in total. The molecule has 1 aromatic heterocycles. The summed E-state index contributed by atoms with van der Waals surface area (Å²) >= 11 is 6.10. The minimum absolute atomic E-state index is 0.471. The number of halogens is 1. The van der Waals surface area contributed by atoms with Gasteiger partial charge in [0, 0.05) is 35.9 Å². The van der Waals surface area contributed by atoms with E-state index in [0.29, 0.717) is 6.04 Å². The van der Waals surface area contributed by atoms with Crippen molar-refractivity contribution in [2.24, 2.45) is 0 Å². The number of aromatic nitrogens is 1. The standard InChI is InChI=1S/C16H19ClN2/c1-12(2)19-11-13-6-7-15(17)9-14(13)10-16-5-3-4-8-18-16/h3-9,12,19H,10-11H2,1-2H3. The fourth-order valence-corrected chi connectivity index (χ4v) is 2.14. The molecule has 0 saturated heterocycles. The summed E-state index contributed by atoms with van der Waals surface area (Å²) in [6, 6.07) is 12.5. The van der Waals surface area contributed by atoms with E-state index in [2.05, 4.69) is 30.2 Å². The molecule has 0 radical (unpaired) electrons. The molecule has 0 unspecified atom stereocenters. The van der Waals surface area contributed by atoms with E-state index in [0.717, 1.165) is 23.7 Å². The quantitative estimate of drug-likeness (QED) is 0.896. The highest BCUT2D eigenvalue weighted by molar-refractivity contribution is 6.30. The highest BCUT2D eigenvalue weighted by atomic mass is 35.5. The number of benzene rings is 1. The summed E-state index contributed by atoms with van der Waals surface area (Å²) in [6.45, 7) is 5.15. The first-order valence-electron chi connectivity index (χ1n) is 6.56. The Hall–Kier alpha value is -1.38. The molecule has 19 heavy (non-hydrogen) atoms. The fraction of sp³-hybridized carbons (Fsp3) is 0.312. The van der Waals surface area contributed by atoms with Gasteiger partial charge in [-0.25, -0.2) is 0 Å². The van der Waals surface area contributed by atoms with Crippen molar-refractivity contribution in [1.82, 2.24) is 10.3 Å². The zero-order chi connectivity index (χ0) is 13.7. The molecule has 0 bridgehead atoms. The average Bonchev–Trinajstić information content (AvgIpc) is 2.39. The Balaban J connectivity index is 2.19. The van der Waals surface area contributed by atoms with Crippen molar-refractivity contribution in [3.63, 3.8) is 0 Å². The first-order chi connectivity index (χ1) is 9.15. The highest BCUT2D eigenvalue weighted by Crippen LogP contribution is 2.19. The van der Waals surface area contributed by atoms with Gasteiger partial charge in [0.1, 0.15) is 0 Å². The van der Waals surface area contributed by atoms with Crippen molar-refractivity contribution in [3.8, 4) is 0 Å². The molecule has 3 heteroatoms. The molecule has 0 aliphatic rings. The second-order valence-corrected chi connectivity index (χ2v) is 5.38. The Labute approximate surface area is 119 Å². The molecular formula is C16H19ClN2. The molecule has 1 aromatic carbocycles. The van der Waals surface area contributed by atoms with Crippen molar-refractivity contribution in [2.75, 3.05) is 0 Å². The maximum atomic E-state index is 6.10. The van der Waals surface area contributed by atoms with Crippen LogP contribution in [0, 0.1) is 0 Å². The van der Waals surface area contributed by atoms with Crippen LogP contribution in [-0.4, -0.2) is 11.0 Å². The molecule has 2 nitrogen and oxygen atoms in total. The minimum atomic E-state index is 0.471. The van der Waals surface area contributed by atoms with E-state index < -0.39 is 0 Å². The molecule has 0 fully saturated rings. The van der Waals surface area contributed by atoms with Crippen LogP contribution in [0.3, 0.4) is 0 Å². The predicted octanol–water partition coefficient (Wildman–Crippen LogP) is 3.82. The van der Waals surface area contributed by atoms with Gasteiger partial charge in [0.2, 0.25) is 0 Å². The Kier molecular flexibility index (Phi) is 4.94. The van der Waals surface area contributed by atoms with Crippen molar-refractivity contribution in [1.29, 1.82) is 0 Å². The maximum Gasteiger partial charge on any atom is 0.0447 e. The Morgan fingerprint density at radius 2 is 2.00 bits per heavy atom. The third-order valence-corrected chi connectivity index (χ3v) is 3.20. The number of nitrogens with one attached hydrogen (secondary N) is 1. The van der Waals surface area contributed by atoms with Crippen molar-refractivity contribution in [2.45, 2.75) is 32.9 Å². The van der Waals surface area contributed by atoms with E-state index in [1.54, 1.807) is 0 Å². The maximum absolute atomic E-state index is 6.10. The summed E-state index contributed by atoms with van der Waals surface area (Å²) in [6.07, 6.45) is 2.64. The van der Waals surface area contributed by atoms with Gasteiger partial charge in [0.25, 0.3) is 0 Å². The van der Waals surface area contributed by atoms with Crippen LogP contribution in [-0.2, 0) is 13.0 Å². The van der Waals surface area contributed by atoms with Crippen molar-refractivity contribution in [3.05, 3.63) is 64.4 Å². The normalized spacial score (nSPS) is 10.9. The number of pyridine rings is 1. The highest BCUT2D eigenvalue weighted by Gasteiger charge is 2.06. The van der Waals surface area contributed by atoms with Crippen LogP contribution < -0.4 is 5.32 Å². The predicted molar refractivity (Wildman–Crippen MR) is 80.5 cm³/mol. The van der Waals surface area contributed by atoms with Gasteiger partial charge in [-0.05, 0) is 35.4 Å². The SMILES string of the molecule is CC(C)NCc1ccc(Cl)cc1Cc1ccccn1. The first-order valence-corrected chi connectivity index (χ1v) is 6.93. The minimum Gasteiger partial charge on any atom is -0.310 e. The molecule has 2 rings (SSSR count). The van der Waals surface area contributed by atoms with E-state index in [9.17, 15) is 0 Å². The van der Waals surface area contributed by atoms with E-state index >= 15 is 0 Å². The van der Waals surface area contributed by atoms with Gasteiger partial charge in [0.05, 0.1) is 0 Å². The Bertz CT molecular complexity index is 524. The monoisotopic (exact) mass is 274 g/mol. The molecule has 0 atom stereocenters. The largest absolute Gasteiger partial charge is 0.310 e. The number of hydrogen-bond donors (Lipinski definition) is 1. The van der Waals surface area contributed by atoms with Gasteiger partial charge in [-0.15, -0.1) is 0 Å². The van der Waals surface area contributed by atoms with Crippen LogP contribution in [0.4, 0.5) is 0 Å². The van der Waals surface area contributed by atoms with Crippen LogP contribution in [0.1, 0.15) is 30.7 Å². The second kappa shape index (κ2) is 6.69. The van der Waals surface area contributed by atoms with Gasteiger partial charge in [-0.2, -0.15) is 0 Å². The van der Waals surface area contributed by atoms with Crippen LogP contribution in [0.2, 0.25) is 5.02 Å². The topological polar surface area (TPSA) is 24.9 Å². The first kappa shape index (κ1) is 14.0. The molecule has 0 amide bonds. The van der Waals surface area contributed by atoms with Crippen LogP contribution in [0.15, 0.2) is 42.6 Å².